The van der Waals surface area contributed by atoms with Crippen molar-refractivity contribution >= 4 is 33.4 Å². The van der Waals surface area contributed by atoms with E-state index in [0.717, 1.165) is 37.0 Å². The van der Waals surface area contributed by atoms with Gasteiger partial charge in [0.05, 0.1) is 11.1 Å². The molecule has 1 aliphatic heterocycles. The second kappa shape index (κ2) is 4.95. The van der Waals surface area contributed by atoms with Gasteiger partial charge in [-0.2, -0.15) is 0 Å². The number of carbonyl (C=O) groups excluding carboxylic acids is 2. The van der Waals surface area contributed by atoms with Gasteiger partial charge in [-0.05, 0) is 31.0 Å². The molecule has 1 aromatic rings. The van der Waals surface area contributed by atoms with E-state index in [-0.39, 0.29) is 23.9 Å². The van der Waals surface area contributed by atoms with E-state index in [4.69, 9.17) is 0 Å². The Balaban J connectivity index is 1.98. The van der Waals surface area contributed by atoms with Crippen molar-refractivity contribution < 1.29 is 14.0 Å². The molecular formula is C15H15BrFNO2. The van der Waals surface area contributed by atoms with Crippen LogP contribution in [0, 0.1) is 11.2 Å². The summed E-state index contributed by atoms with van der Waals surface area (Å²) in [4.78, 5) is 25.9. The average molecular weight is 340 g/mol. The van der Waals surface area contributed by atoms with Crippen molar-refractivity contribution in [3.63, 3.8) is 0 Å². The molecule has 0 bridgehead atoms. The molecule has 1 aromatic carbocycles. The fourth-order valence-electron chi connectivity index (χ4n) is 3.32. The normalized spacial score (nSPS) is 21.8. The minimum Gasteiger partial charge on any atom is -0.274 e. The largest absolute Gasteiger partial charge is 0.274 e. The zero-order valence-electron chi connectivity index (χ0n) is 11.0. The van der Waals surface area contributed by atoms with Crippen LogP contribution >= 0.6 is 15.9 Å². The number of hydrogen-bond donors (Lipinski definition) is 0. The first-order chi connectivity index (χ1) is 9.53. The smallest absolute Gasteiger partial charge is 0.240 e. The maximum atomic E-state index is 14.0. The first-order valence-corrected chi connectivity index (χ1v) is 7.65. The Hall–Kier alpha value is -1.23. The molecule has 2 aliphatic rings. The Bertz CT molecular complexity index is 581. The van der Waals surface area contributed by atoms with Gasteiger partial charge in [0, 0.05) is 10.9 Å². The summed E-state index contributed by atoms with van der Waals surface area (Å²) in [6, 6.07) is 4.41. The van der Waals surface area contributed by atoms with Gasteiger partial charge in [-0.3, -0.25) is 9.59 Å². The molecule has 20 heavy (non-hydrogen) atoms. The average Bonchev–Trinajstić information content (AvgIpc) is 2.63. The van der Waals surface area contributed by atoms with Crippen LogP contribution in [0.1, 0.15) is 38.5 Å². The number of nitrogens with zero attached hydrogens (tertiary/aromatic N) is 1. The number of imide groups is 1. The molecule has 0 N–H and O–H groups in total. The highest BCUT2D eigenvalue weighted by molar-refractivity contribution is 9.10. The highest BCUT2D eigenvalue weighted by Gasteiger charge is 2.52. The second-order valence-electron chi connectivity index (χ2n) is 5.65. The van der Waals surface area contributed by atoms with Crippen molar-refractivity contribution in [2.45, 2.75) is 38.5 Å². The highest BCUT2D eigenvalue weighted by atomic mass is 79.9. The molecule has 5 heteroatoms. The fraction of sp³-hybridized carbons (Fsp3) is 0.467. The predicted octanol–water partition coefficient (Wildman–Crippen LogP) is 3.80. The lowest BCUT2D eigenvalue weighted by Gasteiger charge is -2.30. The zero-order valence-corrected chi connectivity index (χ0v) is 12.6. The van der Waals surface area contributed by atoms with Gasteiger partial charge in [0.1, 0.15) is 5.82 Å². The van der Waals surface area contributed by atoms with Crippen LogP contribution < -0.4 is 4.90 Å². The molecule has 1 heterocycles. The Morgan fingerprint density at radius 3 is 2.50 bits per heavy atom. The topological polar surface area (TPSA) is 37.4 Å². The summed E-state index contributed by atoms with van der Waals surface area (Å²) in [5.41, 5.74) is -0.500. The Labute approximate surface area is 125 Å². The molecule has 106 valence electrons. The number of rotatable bonds is 1. The number of carbonyl (C=O) groups is 2. The van der Waals surface area contributed by atoms with Gasteiger partial charge in [-0.1, -0.05) is 35.2 Å². The van der Waals surface area contributed by atoms with Crippen molar-refractivity contribution in [3.8, 4) is 0 Å². The minimum atomic E-state index is -0.575. The van der Waals surface area contributed by atoms with Crippen molar-refractivity contribution in [1.29, 1.82) is 0 Å². The molecule has 1 saturated heterocycles. The molecule has 1 aliphatic carbocycles. The zero-order chi connectivity index (χ0) is 14.3. The molecule has 0 atom stereocenters. The van der Waals surface area contributed by atoms with Gasteiger partial charge in [0.25, 0.3) is 0 Å². The molecular weight excluding hydrogens is 325 g/mol. The predicted molar refractivity (Wildman–Crippen MR) is 76.7 cm³/mol. The van der Waals surface area contributed by atoms with Crippen molar-refractivity contribution in [1.82, 2.24) is 0 Å². The standard InChI is InChI=1S/C15H15BrFNO2/c16-10-4-5-12(11(17)8-10)18-13(19)9-15(14(18)20)6-2-1-3-7-15/h4-5,8H,1-3,6-7,9H2. The van der Waals surface area contributed by atoms with Crippen molar-refractivity contribution in [2.24, 2.45) is 5.41 Å². The molecule has 0 radical (unpaired) electrons. The lowest BCUT2D eigenvalue weighted by atomic mass is 9.73. The Morgan fingerprint density at radius 2 is 1.85 bits per heavy atom. The quantitative estimate of drug-likeness (QED) is 0.729. The third-order valence-corrected chi connectivity index (χ3v) is 4.85. The van der Waals surface area contributed by atoms with Crippen LogP contribution in [0.3, 0.4) is 0 Å². The molecule has 0 aromatic heterocycles. The van der Waals surface area contributed by atoms with Crippen LogP contribution in [0.2, 0.25) is 0 Å². The highest BCUT2D eigenvalue weighted by Crippen LogP contribution is 2.46. The lowest BCUT2D eigenvalue weighted by Crippen LogP contribution is -2.37. The van der Waals surface area contributed by atoms with E-state index in [1.807, 2.05) is 0 Å². The van der Waals surface area contributed by atoms with Crippen LogP contribution in [-0.2, 0) is 9.59 Å². The van der Waals surface area contributed by atoms with E-state index in [0.29, 0.717) is 4.47 Å². The Kier molecular flexibility index (Phi) is 3.40. The van der Waals surface area contributed by atoms with Gasteiger partial charge in [0.2, 0.25) is 11.8 Å². The maximum Gasteiger partial charge on any atom is 0.240 e. The lowest BCUT2D eigenvalue weighted by molar-refractivity contribution is -0.127. The van der Waals surface area contributed by atoms with E-state index < -0.39 is 11.2 Å². The Morgan fingerprint density at radius 1 is 1.15 bits per heavy atom. The number of halogens is 2. The third kappa shape index (κ3) is 2.08. The van der Waals surface area contributed by atoms with Crippen LogP contribution in [0.25, 0.3) is 0 Å². The van der Waals surface area contributed by atoms with Crippen molar-refractivity contribution in [3.05, 3.63) is 28.5 Å². The molecule has 1 spiro atoms. The summed E-state index contributed by atoms with van der Waals surface area (Å²) in [5, 5.41) is 0. The van der Waals surface area contributed by atoms with E-state index in [1.165, 1.54) is 12.1 Å². The maximum absolute atomic E-state index is 14.0. The van der Waals surface area contributed by atoms with Gasteiger partial charge >= 0.3 is 0 Å². The van der Waals surface area contributed by atoms with E-state index in [2.05, 4.69) is 15.9 Å². The van der Waals surface area contributed by atoms with Crippen LogP contribution in [0.15, 0.2) is 22.7 Å². The molecule has 1 saturated carbocycles. The number of anilines is 1. The number of benzene rings is 1. The molecule has 3 nitrogen and oxygen atoms in total. The minimum absolute atomic E-state index is 0.0747. The summed E-state index contributed by atoms with van der Waals surface area (Å²) in [6.45, 7) is 0. The summed E-state index contributed by atoms with van der Waals surface area (Å²) < 4.78 is 14.6. The fourth-order valence-corrected chi connectivity index (χ4v) is 3.65. The van der Waals surface area contributed by atoms with E-state index in [9.17, 15) is 14.0 Å². The third-order valence-electron chi connectivity index (χ3n) is 4.36. The van der Waals surface area contributed by atoms with Crippen LogP contribution in [0.5, 0.6) is 0 Å². The van der Waals surface area contributed by atoms with E-state index >= 15 is 0 Å². The van der Waals surface area contributed by atoms with Gasteiger partial charge in [-0.25, -0.2) is 9.29 Å². The SMILES string of the molecule is O=C1CC2(CCCCC2)C(=O)N1c1ccc(Br)cc1F. The van der Waals surface area contributed by atoms with Crippen molar-refractivity contribution in [2.75, 3.05) is 4.90 Å². The molecule has 2 amide bonds. The van der Waals surface area contributed by atoms with Crippen LogP contribution in [-0.4, -0.2) is 11.8 Å². The van der Waals surface area contributed by atoms with E-state index in [1.54, 1.807) is 6.07 Å². The monoisotopic (exact) mass is 339 g/mol. The summed E-state index contributed by atoms with van der Waals surface area (Å²) in [7, 11) is 0. The molecule has 3 rings (SSSR count). The number of hydrogen-bond acceptors (Lipinski definition) is 2. The van der Waals surface area contributed by atoms with Gasteiger partial charge in [0.15, 0.2) is 0 Å². The van der Waals surface area contributed by atoms with Gasteiger partial charge < -0.3 is 0 Å². The first kappa shape index (κ1) is 13.7. The first-order valence-electron chi connectivity index (χ1n) is 6.86. The summed E-state index contributed by atoms with van der Waals surface area (Å²) in [5.74, 6) is -1.05. The van der Waals surface area contributed by atoms with Gasteiger partial charge in [-0.15, -0.1) is 0 Å². The summed E-state index contributed by atoms with van der Waals surface area (Å²) >= 11 is 3.18. The second-order valence-corrected chi connectivity index (χ2v) is 6.56. The molecule has 2 fully saturated rings. The molecule has 0 unspecified atom stereocenters. The van der Waals surface area contributed by atoms with Crippen LogP contribution in [0.4, 0.5) is 10.1 Å². The number of amides is 2. The summed E-state index contributed by atoms with van der Waals surface area (Å²) in [6.07, 6.45) is 4.75.